The molecule has 0 unspecified atom stereocenters. The third kappa shape index (κ3) is 4.67. The average molecular weight is 410 g/mol. The van der Waals surface area contributed by atoms with E-state index in [2.05, 4.69) is 10.4 Å². The molecule has 0 fully saturated rings. The topological polar surface area (TPSA) is 157 Å². The van der Waals surface area contributed by atoms with Crippen LogP contribution in [0.25, 0.3) is 5.69 Å². The molecule has 0 radical (unpaired) electrons. The molecule has 0 saturated carbocycles. The van der Waals surface area contributed by atoms with Crippen molar-refractivity contribution in [2.75, 3.05) is 5.32 Å². The smallest absolute Gasteiger partial charge is 0.240 e. The van der Waals surface area contributed by atoms with Crippen LogP contribution in [0.3, 0.4) is 0 Å². The van der Waals surface area contributed by atoms with Crippen molar-refractivity contribution in [3.05, 3.63) is 71.5 Å². The second-order valence-electron chi connectivity index (χ2n) is 6.21. The molecule has 148 valence electrons. The highest BCUT2D eigenvalue weighted by atomic mass is 32.2. The highest BCUT2D eigenvalue weighted by Crippen LogP contribution is 2.23. The van der Waals surface area contributed by atoms with E-state index in [1.807, 2.05) is 30.3 Å². The van der Waals surface area contributed by atoms with Crippen molar-refractivity contribution >= 4 is 21.6 Å². The molecule has 0 aliphatic carbocycles. The molecule has 0 aliphatic rings. The summed E-state index contributed by atoms with van der Waals surface area (Å²) in [5.41, 5.74) is 8.03. The van der Waals surface area contributed by atoms with Gasteiger partial charge in [-0.15, -0.1) is 0 Å². The minimum atomic E-state index is -4.12. The van der Waals surface area contributed by atoms with Crippen LogP contribution in [0.4, 0.5) is 5.69 Å². The number of nitriles is 1. The zero-order valence-electron chi connectivity index (χ0n) is 15.2. The molecule has 0 saturated heterocycles. The Morgan fingerprint density at radius 3 is 2.55 bits per heavy atom. The Bertz CT molecular complexity index is 1210. The lowest BCUT2D eigenvalue weighted by atomic mass is 10.0. The molecule has 0 aliphatic heterocycles. The van der Waals surface area contributed by atoms with Crippen LogP contribution in [0.15, 0.2) is 59.8 Å². The van der Waals surface area contributed by atoms with Gasteiger partial charge in [0, 0.05) is 18.4 Å². The highest BCUT2D eigenvalue weighted by molar-refractivity contribution is 7.89. The Kier molecular flexibility index (Phi) is 5.74. The fraction of sp³-hybridized carbons (Fsp3) is 0.105. The molecular weight excluding hydrogens is 392 g/mol. The molecule has 5 N–H and O–H groups in total. The van der Waals surface area contributed by atoms with Gasteiger partial charge in [-0.25, -0.2) is 18.2 Å². The summed E-state index contributed by atoms with van der Waals surface area (Å²) in [6.07, 6.45) is 2.77. The Balaban J connectivity index is 1.89. The molecule has 3 rings (SSSR count). The van der Waals surface area contributed by atoms with Crippen LogP contribution in [0.2, 0.25) is 0 Å². The molecule has 1 aromatic heterocycles. The number of rotatable bonds is 6. The summed E-state index contributed by atoms with van der Waals surface area (Å²) in [5, 5.41) is 20.9. The first-order chi connectivity index (χ1) is 13.8. The van der Waals surface area contributed by atoms with E-state index in [-0.39, 0.29) is 34.2 Å². The van der Waals surface area contributed by atoms with Crippen LogP contribution in [-0.2, 0) is 27.8 Å². The second kappa shape index (κ2) is 8.24. The minimum absolute atomic E-state index is 0.0878. The van der Waals surface area contributed by atoms with Gasteiger partial charge in [0.15, 0.2) is 0 Å². The van der Waals surface area contributed by atoms with Crippen molar-refractivity contribution in [3.63, 3.8) is 0 Å². The Morgan fingerprint density at radius 2 is 1.93 bits per heavy atom. The fourth-order valence-electron chi connectivity index (χ4n) is 2.83. The highest BCUT2D eigenvalue weighted by Gasteiger charge is 2.18. The Morgan fingerprint density at radius 1 is 1.21 bits per heavy atom. The number of aromatic nitrogens is 2. The normalized spacial score (nSPS) is 11.1. The van der Waals surface area contributed by atoms with Gasteiger partial charge in [-0.1, -0.05) is 24.3 Å². The summed E-state index contributed by atoms with van der Waals surface area (Å²) in [7, 11) is -4.12. The summed E-state index contributed by atoms with van der Waals surface area (Å²) in [4.78, 5) is 12.2. The first-order valence-corrected chi connectivity index (χ1v) is 10.0. The lowest BCUT2D eigenvalue weighted by Crippen LogP contribution is -2.19. The van der Waals surface area contributed by atoms with Gasteiger partial charge in [0.1, 0.15) is 11.0 Å². The quantitative estimate of drug-likeness (QED) is 0.551. The number of hydrogen-bond donors (Lipinski definition) is 3. The fourth-order valence-corrected chi connectivity index (χ4v) is 3.57. The number of carbonyl (C=O) groups is 1. The molecule has 3 aromatic rings. The summed E-state index contributed by atoms with van der Waals surface area (Å²) >= 11 is 0. The lowest BCUT2D eigenvalue weighted by molar-refractivity contribution is -0.115. The summed E-state index contributed by atoms with van der Waals surface area (Å²) in [5.74, 6) is -0.329. The van der Waals surface area contributed by atoms with Gasteiger partial charge in [-0.3, -0.25) is 4.79 Å². The van der Waals surface area contributed by atoms with Crippen molar-refractivity contribution in [1.29, 1.82) is 5.26 Å². The largest absolute Gasteiger partial charge is 0.326 e. The second-order valence-corrected chi connectivity index (χ2v) is 7.74. The molecule has 2 aromatic carbocycles. The third-order valence-corrected chi connectivity index (χ3v) is 5.14. The first kappa shape index (κ1) is 20.2. The Hall–Kier alpha value is -3.52. The summed E-state index contributed by atoms with van der Waals surface area (Å²) < 4.78 is 25.4. The number of benzene rings is 2. The van der Waals surface area contributed by atoms with E-state index in [1.54, 1.807) is 0 Å². The number of sulfonamides is 1. The molecular formula is C19H18N6O3S. The van der Waals surface area contributed by atoms with Gasteiger partial charge in [-0.2, -0.15) is 10.4 Å². The predicted octanol–water partition coefficient (Wildman–Crippen LogP) is 1.03. The number of carbonyl (C=O) groups excluding carboxylic acids is 1. The van der Waals surface area contributed by atoms with Gasteiger partial charge in [0.05, 0.1) is 23.9 Å². The van der Waals surface area contributed by atoms with Gasteiger partial charge >= 0.3 is 0 Å². The van der Waals surface area contributed by atoms with E-state index in [4.69, 9.17) is 16.1 Å². The van der Waals surface area contributed by atoms with E-state index >= 15 is 0 Å². The average Bonchev–Trinajstić information content (AvgIpc) is 3.17. The third-order valence-electron chi connectivity index (χ3n) is 4.20. The molecule has 0 bridgehead atoms. The molecule has 0 spiro atoms. The van der Waals surface area contributed by atoms with Crippen LogP contribution in [0, 0.1) is 11.3 Å². The van der Waals surface area contributed by atoms with E-state index < -0.39 is 10.0 Å². The van der Waals surface area contributed by atoms with Gasteiger partial charge in [-0.05, 0) is 29.3 Å². The van der Waals surface area contributed by atoms with Crippen LogP contribution >= 0.6 is 0 Å². The summed E-state index contributed by atoms with van der Waals surface area (Å²) in [6, 6.07) is 13.5. The number of nitrogens with two attached hydrogens (primary N) is 2. The SMILES string of the molecule is N#Cc1cnn(-c2ccc(NC(=O)Cc3ccccc3CN)cc2S(N)(=O)=O)c1. The number of primary sulfonamides is 1. The molecule has 1 heterocycles. The minimum Gasteiger partial charge on any atom is -0.326 e. The molecule has 9 nitrogen and oxygen atoms in total. The van der Waals surface area contributed by atoms with E-state index in [0.29, 0.717) is 6.54 Å². The predicted molar refractivity (Wildman–Crippen MR) is 106 cm³/mol. The van der Waals surface area contributed by atoms with Crippen LogP contribution < -0.4 is 16.2 Å². The molecule has 1 amide bonds. The van der Waals surface area contributed by atoms with Gasteiger partial charge < -0.3 is 11.1 Å². The van der Waals surface area contributed by atoms with Crippen LogP contribution in [0.1, 0.15) is 16.7 Å². The monoisotopic (exact) mass is 410 g/mol. The van der Waals surface area contributed by atoms with Crippen molar-refractivity contribution in [1.82, 2.24) is 9.78 Å². The Labute approximate surface area is 167 Å². The molecule has 29 heavy (non-hydrogen) atoms. The van der Waals surface area contributed by atoms with E-state index in [0.717, 1.165) is 11.1 Å². The standard InChI is InChI=1S/C19H18N6O3S/c20-9-13-11-23-25(12-13)17-6-5-16(8-18(17)29(22,27)28)24-19(26)7-14-3-1-2-4-15(14)10-21/h1-6,8,11-12H,7,10,21H2,(H,24,26)(H2,22,27,28). The van der Waals surface area contributed by atoms with E-state index in [9.17, 15) is 13.2 Å². The maximum Gasteiger partial charge on any atom is 0.240 e. The number of anilines is 1. The zero-order valence-corrected chi connectivity index (χ0v) is 16.1. The van der Waals surface area contributed by atoms with Gasteiger partial charge in [0.2, 0.25) is 15.9 Å². The van der Waals surface area contributed by atoms with Crippen LogP contribution in [0.5, 0.6) is 0 Å². The number of amides is 1. The molecule has 0 atom stereocenters. The zero-order chi connectivity index (χ0) is 21.0. The lowest BCUT2D eigenvalue weighted by Gasteiger charge is -2.12. The van der Waals surface area contributed by atoms with Crippen molar-refractivity contribution in [2.24, 2.45) is 10.9 Å². The number of nitrogens with one attached hydrogen (secondary N) is 1. The molecule has 10 heteroatoms. The van der Waals surface area contributed by atoms with Crippen molar-refractivity contribution < 1.29 is 13.2 Å². The number of nitrogens with zero attached hydrogens (tertiary/aromatic N) is 3. The van der Waals surface area contributed by atoms with Crippen molar-refractivity contribution in [3.8, 4) is 11.8 Å². The first-order valence-electron chi connectivity index (χ1n) is 8.50. The van der Waals surface area contributed by atoms with Crippen molar-refractivity contribution in [2.45, 2.75) is 17.9 Å². The van der Waals surface area contributed by atoms with Crippen LogP contribution in [-0.4, -0.2) is 24.1 Å². The van der Waals surface area contributed by atoms with E-state index in [1.165, 1.54) is 35.3 Å². The number of hydrogen-bond acceptors (Lipinski definition) is 6. The summed E-state index contributed by atoms with van der Waals surface area (Å²) in [6.45, 7) is 0.308. The maximum atomic E-state index is 12.4. The maximum absolute atomic E-state index is 12.4. The van der Waals surface area contributed by atoms with Gasteiger partial charge in [0.25, 0.3) is 0 Å².